The van der Waals surface area contributed by atoms with Crippen molar-refractivity contribution in [1.82, 2.24) is 14.8 Å². The van der Waals surface area contributed by atoms with Gasteiger partial charge in [-0.2, -0.15) is 22.7 Å². The monoisotopic (exact) mass is 399 g/mol. The summed E-state index contributed by atoms with van der Waals surface area (Å²) in [6.07, 6.45) is -8.56. The summed E-state index contributed by atoms with van der Waals surface area (Å²) in [4.78, 5) is 0. The minimum Gasteiger partial charge on any atom is -0.495 e. The van der Waals surface area contributed by atoms with E-state index < -0.39 is 18.3 Å². The van der Waals surface area contributed by atoms with Crippen LogP contribution in [0.5, 0.6) is 11.5 Å². The Morgan fingerprint density at radius 2 is 1.89 bits per heavy atom. The lowest BCUT2D eigenvalue weighted by Gasteiger charge is -2.17. The molecule has 142 valence electrons. The number of aromatic amines is 1. The number of hydrogen-bond acceptors (Lipinski definition) is 4. The van der Waals surface area contributed by atoms with Gasteiger partial charge in [0.1, 0.15) is 11.5 Å². The van der Waals surface area contributed by atoms with Gasteiger partial charge in [0, 0.05) is 5.56 Å². The molecule has 0 aliphatic carbocycles. The molecule has 0 saturated carbocycles. The highest BCUT2D eigenvalue weighted by Crippen LogP contribution is 2.32. The number of alkyl halides is 4. The molecule has 0 atom stereocenters. The average Bonchev–Trinajstić information content (AvgIpc) is 3.02. The maximum Gasteiger partial charge on any atom is 0.461 e. The average molecular weight is 399 g/mol. The van der Waals surface area contributed by atoms with Gasteiger partial charge in [-0.15, -0.1) is 0 Å². The molecule has 0 aliphatic heterocycles. The summed E-state index contributed by atoms with van der Waals surface area (Å²) in [6.45, 7) is 0. The van der Waals surface area contributed by atoms with E-state index in [9.17, 15) is 17.6 Å². The van der Waals surface area contributed by atoms with Crippen molar-refractivity contribution in [1.29, 1.82) is 0 Å². The summed E-state index contributed by atoms with van der Waals surface area (Å²) >= 11 is 5.26. The summed E-state index contributed by atoms with van der Waals surface area (Å²) in [5.74, 6) is 0.349. The zero-order valence-corrected chi connectivity index (χ0v) is 14.6. The van der Waals surface area contributed by atoms with Gasteiger partial charge in [-0.25, -0.2) is 0 Å². The number of halogens is 4. The SMILES string of the molecule is COc1ccccc1-n1c(-c2cccc(OC(F)(F)C(F)F)c2)n[nH]c1=S. The maximum atomic E-state index is 13.2. The standard InChI is InChI=1S/C17H13F4N3O2S/c1-25-13-8-3-2-7-12(13)24-14(22-23-16(24)27)10-5-4-6-11(9-10)26-17(20,21)15(18)19/h2-9,15H,1H3,(H,23,27). The number of nitrogens with zero attached hydrogens (tertiary/aromatic N) is 2. The van der Waals surface area contributed by atoms with Crippen molar-refractivity contribution in [3.8, 4) is 28.6 Å². The predicted molar refractivity (Wildman–Crippen MR) is 92.3 cm³/mol. The molecule has 0 spiro atoms. The Kier molecular flexibility index (Phi) is 5.17. The van der Waals surface area contributed by atoms with Gasteiger partial charge in [0.15, 0.2) is 10.6 Å². The summed E-state index contributed by atoms with van der Waals surface area (Å²) in [5.41, 5.74) is 0.897. The number of aromatic nitrogens is 3. The normalized spacial score (nSPS) is 11.6. The Morgan fingerprint density at radius 3 is 2.59 bits per heavy atom. The number of rotatable bonds is 6. The Labute approximate surface area is 156 Å². The van der Waals surface area contributed by atoms with Crippen molar-refractivity contribution in [3.63, 3.8) is 0 Å². The molecule has 10 heteroatoms. The quantitative estimate of drug-likeness (QED) is 0.476. The fourth-order valence-electron chi connectivity index (χ4n) is 2.43. The molecule has 27 heavy (non-hydrogen) atoms. The van der Waals surface area contributed by atoms with Crippen LogP contribution in [-0.4, -0.2) is 34.4 Å². The summed E-state index contributed by atoms with van der Waals surface area (Å²) in [5, 5.41) is 6.73. The molecule has 0 amide bonds. The number of ether oxygens (including phenoxy) is 2. The fraction of sp³-hybridized carbons (Fsp3) is 0.176. The highest BCUT2D eigenvalue weighted by atomic mass is 32.1. The summed E-state index contributed by atoms with van der Waals surface area (Å²) in [6, 6.07) is 12.3. The topological polar surface area (TPSA) is 52.1 Å². The second-order valence-electron chi connectivity index (χ2n) is 5.35. The highest BCUT2D eigenvalue weighted by molar-refractivity contribution is 7.71. The molecule has 0 bridgehead atoms. The van der Waals surface area contributed by atoms with E-state index >= 15 is 0 Å². The van der Waals surface area contributed by atoms with Gasteiger partial charge >= 0.3 is 12.5 Å². The van der Waals surface area contributed by atoms with E-state index in [2.05, 4.69) is 14.9 Å². The fourth-order valence-corrected chi connectivity index (χ4v) is 2.66. The Morgan fingerprint density at radius 1 is 1.15 bits per heavy atom. The molecule has 0 saturated heterocycles. The van der Waals surface area contributed by atoms with Crippen molar-refractivity contribution in [2.75, 3.05) is 7.11 Å². The van der Waals surface area contributed by atoms with Crippen LogP contribution in [0.2, 0.25) is 0 Å². The van der Waals surface area contributed by atoms with Gasteiger partial charge in [0.25, 0.3) is 0 Å². The van der Waals surface area contributed by atoms with Gasteiger partial charge in [-0.1, -0.05) is 24.3 Å². The smallest absolute Gasteiger partial charge is 0.461 e. The molecule has 0 fully saturated rings. The molecule has 1 N–H and O–H groups in total. The largest absolute Gasteiger partial charge is 0.495 e. The van der Waals surface area contributed by atoms with Crippen molar-refractivity contribution in [2.24, 2.45) is 0 Å². The molecule has 2 aromatic carbocycles. The first kappa shape index (κ1) is 18.9. The van der Waals surface area contributed by atoms with Crippen LogP contribution in [0.25, 0.3) is 17.1 Å². The molecule has 1 aromatic heterocycles. The van der Waals surface area contributed by atoms with Crippen molar-refractivity contribution in [2.45, 2.75) is 12.5 Å². The van der Waals surface area contributed by atoms with Crippen LogP contribution in [0.15, 0.2) is 48.5 Å². The number of benzene rings is 2. The van der Waals surface area contributed by atoms with Crippen LogP contribution in [-0.2, 0) is 0 Å². The molecular formula is C17H13F4N3O2S. The number of nitrogens with one attached hydrogen (secondary N) is 1. The third-order valence-corrected chi connectivity index (χ3v) is 3.87. The van der Waals surface area contributed by atoms with Gasteiger partial charge in [-0.3, -0.25) is 9.67 Å². The van der Waals surface area contributed by atoms with E-state index in [0.29, 0.717) is 17.0 Å². The molecular weight excluding hydrogens is 386 g/mol. The molecule has 0 aliphatic rings. The maximum absolute atomic E-state index is 13.2. The second-order valence-corrected chi connectivity index (χ2v) is 5.74. The zero-order valence-electron chi connectivity index (χ0n) is 13.8. The molecule has 3 rings (SSSR count). The Balaban J connectivity index is 2.07. The molecule has 0 unspecified atom stereocenters. The Hall–Kier alpha value is -2.88. The van der Waals surface area contributed by atoms with Gasteiger partial charge in [0.2, 0.25) is 0 Å². The van der Waals surface area contributed by atoms with Crippen LogP contribution >= 0.6 is 12.2 Å². The lowest BCUT2D eigenvalue weighted by molar-refractivity contribution is -0.253. The number of para-hydroxylation sites is 2. The highest BCUT2D eigenvalue weighted by Gasteiger charge is 2.44. The molecule has 3 aromatic rings. The number of hydrogen-bond donors (Lipinski definition) is 1. The molecule has 5 nitrogen and oxygen atoms in total. The van der Waals surface area contributed by atoms with E-state index in [4.69, 9.17) is 17.0 Å². The van der Waals surface area contributed by atoms with E-state index in [-0.39, 0.29) is 10.6 Å². The third-order valence-electron chi connectivity index (χ3n) is 3.60. The van der Waals surface area contributed by atoms with Gasteiger partial charge < -0.3 is 9.47 Å². The van der Waals surface area contributed by atoms with E-state index in [1.807, 2.05) is 0 Å². The van der Waals surface area contributed by atoms with E-state index in [1.165, 1.54) is 19.2 Å². The van der Waals surface area contributed by atoms with Crippen molar-refractivity contribution >= 4 is 12.2 Å². The minimum absolute atomic E-state index is 0.235. The van der Waals surface area contributed by atoms with Crippen LogP contribution in [0, 0.1) is 4.77 Å². The van der Waals surface area contributed by atoms with E-state index in [1.54, 1.807) is 34.9 Å². The molecule has 0 radical (unpaired) electrons. The Bertz CT molecular complexity index is 1000. The zero-order chi connectivity index (χ0) is 19.6. The first-order chi connectivity index (χ1) is 12.8. The molecule has 1 heterocycles. The predicted octanol–water partition coefficient (Wildman–Crippen LogP) is 4.84. The third kappa shape index (κ3) is 3.80. The first-order valence-corrected chi connectivity index (χ1v) is 8.00. The van der Waals surface area contributed by atoms with Crippen LogP contribution in [0.4, 0.5) is 17.6 Å². The lowest BCUT2D eigenvalue weighted by Crippen LogP contribution is -2.33. The van der Waals surface area contributed by atoms with Gasteiger partial charge in [0.05, 0.1) is 12.8 Å². The van der Waals surface area contributed by atoms with Crippen molar-refractivity contribution < 1.29 is 27.0 Å². The summed E-state index contributed by atoms with van der Waals surface area (Å²) in [7, 11) is 1.49. The number of H-pyrrole nitrogens is 1. The van der Waals surface area contributed by atoms with E-state index in [0.717, 1.165) is 6.07 Å². The van der Waals surface area contributed by atoms with Crippen LogP contribution in [0.3, 0.4) is 0 Å². The number of methoxy groups -OCH3 is 1. The summed E-state index contributed by atoms with van der Waals surface area (Å²) < 4.78 is 62.3. The minimum atomic E-state index is -4.61. The van der Waals surface area contributed by atoms with Crippen LogP contribution in [0.1, 0.15) is 0 Å². The first-order valence-electron chi connectivity index (χ1n) is 7.59. The second kappa shape index (κ2) is 7.39. The van der Waals surface area contributed by atoms with Crippen molar-refractivity contribution in [3.05, 3.63) is 53.3 Å². The lowest BCUT2D eigenvalue weighted by atomic mass is 10.2. The van der Waals surface area contributed by atoms with Gasteiger partial charge in [-0.05, 0) is 36.5 Å². The van der Waals surface area contributed by atoms with Crippen LogP contribution < -0.4 is 9.47 Å².